The maximum atomic E-state index is 3.63. The van der Waals surface area contributed by atoms with E-state index in [1.54, 1.807) is 0 Å². The summed E-state index contributed by atoms with van der Waals surface area (Å²) in [6, 6.07) is 10.2. The first-order valence-electron chi connectivity index (χ1n) is 9.15. The van der Waals surface area contributed by atoms with Gasteiger partial charge in [-0.1, -0.05) is 70.2 Å². The summed E-state index contributed by atoms with van der Waals surface area (Å²) in [5.74, 6) is 0.734. The normalized spacial score (nSPS) is 21.8. The smallest absolute Gasteiger partial charge is 0.00709 e. The SMILES string of the molecule is CCCCCCCCc1ccc([C@@H]2CN[C@H](CC)C2)cc1. The van der Waals surface area contributed by atoms with Gasteiger partial charge in [0, 0.05) is 12.6 Å². The van der Waals surface area contributed by atoms with Crippen molar-refractivity contribution in [3.05, 3.63) is 35.4 Å². The summed E-state index contributed by atoms with van der Waals surface area (Å²) in [6.45, 7) is 5.73. The summed E-state index contributed by atoms with van der Waals surface area (Å²) < 4.78 is 0. The van der Waals surface area contributed by atoms with Crippen LogP contribution in [0.5, 0.6) is 0 Å². The van der Waals surface area contributed by atoms with E-state index in [4.69, 9.17) is 0 Å². The predicted molar refractivity (Wildman–Crippen MR) is 93.0 cm³/mol. The fourth-order valence-electron chi connectivity index (χ4n) is 3.45. The molecule has 2 rings (SSSR count). The molecule has 1 nitrogen and oxygen atoms in total. The molecular weight excluding hydrogens is 254 g/mol. The van der Waals surface area contributed by atoms with Crippen molar-refractivity contribution in [3.8, 4) is 0 Å². The van der Waals surface area contributed by atoms with Gasteiger partial charge in [-0.2, -0.15) is 0 Å². The van der Waals surface area contributed by atoms with Gasteiger partial charge in [0.25, 0.3) is 0 Å². The van der Waals surface area contributed by atoms with Crippen LogP contribution in [0, 0.1) is 0 Å². The predicted octanol–water partition coefficient (Wildman–Crippen LogP) is 5.45. The molecular formula is C20H33N. The molecule has 21 heavy (non-hydrogen) atoms. The third-order valence-electron chi connectivity index (χ3n) is 4.98. The van der Waals surface area contributed by atoms with E-state index in [0.717, 1.165) is 18.5 Å². The Kier molecular flexibility index (Phi) is 7.29. The lowest BCUT2D eigenvalue weighted by Gasteiger charge is -2.10. The van der Waals surface area contributed by atoms with Gasteiger partial charge in [-0.05, 0) is 42.7 Å². The minimum absolute atomic E-state index is 0.734. The first kappa shape index (κ1) is 16.5. The molecule has 1 heterocycles. The summed E-state index contributed by atoms with van der Waals surface area (Å²) in [4.78, 5) is 0. The van der Waals surface area contributed by atoms with Crippen LogP contribution in [-0.2, 0) is 6.42 Å². The molecule has 1 aromatic carbocycles. The van der Waals surface area contributed by atoms with E-state index < -0.39 is 0 Å². The quantitative estimate of drug-likeness (QED) is 0.596. The molecule has 0 aromatic heterocycles. The average Bonchev–Trinajstić information content (AvgIpc) is 3.00. The molecule has 1 aliphatic heterocycles. The van der Waals surface area contributed by atoms with Crippen molar-refractivity contribution in [1.82, 2.24) is 5.32 Å². The third-order valence-corrected chi connectivity index (χ3v) is 4.98. The highest BCUT2D eigenvalue weighted by atomic mass is 14.9. The van der Waals surface area contributed by atoms with Crippen LogP contribution in [0.25, 0.3) is 0 Å². The zero-order valence-corrected chi connectivity index (χ0v) is 14.0. The van der Waals surface area contributed by atoms with Gasteiger partial charge in [0.05, 0.1) is 0 Å². The van der Waals surface area contributed by atoms with Crippen LogP contribution in [0.3, 0.4) is 0 Å². The van der Waals surface area contributed by atoms with E-state index in [1.807, 2.05) is 0 Å². The van der Waals surface area contributed by atoms with E-state index in [2.05, 4.69) is 43.4 Å². The molecule has 2 atom stereocenters. The van der Waals surface area contributed by atoms with Gasteiger partial charge in [-0.25, -0.2) is 0 Å². The van der Waals surface area contributed by atoms with Crippen molar-refractivity contribution in [3.63, 3.8) is 0 Å². The van der Waals surface area contributed by atoms with Crippen molar-refractivity contribution in [2.24, 2.45) is 0 Å². The highest BCUT2D eigenvalue weighted by Gasteiger charge is 2.23. The molecule has 0 aliphatic carbocycles. The minimum Gasteiger partial charge on any atom is -0.313 e. The molecule has 0 unspecified atom stereocenters. The maximum Gasteiger partial charge on any atom is 0.00709 e. The lowest BCUT2D eigenvalue weighted by atomic mass is 9.94. The lowest BCUT2D eigenvalue weighted by molar-refractivity contribution is 0.582. The number of benzene rings is 1. The largest absolute Gasteiger partial charge is 0.313 e. The Morgan fingerprint density at radius 3 is 2.33 bits per heavy atom. The number of aryl methyl sites for hydroxylation is 1. The van der Waals surface area contributed by atoms with Gasteiger partial charge >= 0.3 is 0 Å². The summed E-state index contributed by atoms with van der Waals surface area (Å²) in [5.41, 5.74) is 3.05. The van der Waals surface area contributed by atoms with E-state index in [9.17, 15) is 0 Å². The Balaban J connectivity index is 1.70. The molecule has 0 spiro atoms. The Labute approximate surface area is 131 Å². The number of unbranched alkanes of at least 4 members (excludes halogenated alkanes) is 5. The van der Waals surface area contributed by atoms with Gasteiger partial charge in [0.15, 0.2) is 0 Å². The average molecular weight is 287 g/mol. The minimum atomic E-state index is 0.734. The monoisotopic (exact) mass is 287 g/mol. The highest BCUT2D eigenvalue weighted by molar-refractivity contribution is 5.26. The Morgan fingerprint density at radius 1 is 0.952 bits per heavy atom. The van der Waals surface area contributed by atoms with Gasteiger partial charge < -0.3 is 5.32 Å². The van der Waals surface area contributed by atoms with Crippen LogP contribution in [0.15, 0.2) is 24.3 Å². The van der Waals surface area contributed by atoms with E-state index >= 15 is 0 Å². The fourth-order valence-corrected chi connectivity index (χ4v) is 3.45. The van der Waals surface area contributed by atoms with Gasteiger partial charge in [-0.3, -0.25) is 0 Å². The molecule has 118 valence electrons. The first-order valence-corrected chi connectivity index (χ1v) is 9.15. The second-order valence-corrected chi connectivity index (χ2v) is 6.71. The molecule has 0 bridgehead atoms. The van der Waals surface area contributed by atoms with Crippen molar-refractivity contribution in [2.75, 3.05) is 6.54 Å². The summed E-state index contributed by atoms with van der Waals surface area (Å²) >= 11 is 0. The fraction of sp³-hybridized carbons (Fsp3) is 0.700. The zero-order valence-electron chi connectivity index (χ0n) is 14.0. The maximum absolute atomic E-state index is 3.63. The summed E-state index contributed by atoms with van der Waals surface area (Å²) in [5, 5.41) is 3.63. The summed E-state index contributed by atoms with van der Waals surface area (Å²) in [6.07, 6.45) is 12.2. The zero-order chi connectivity index (χ0) is 14.9. The van der Waals surface area contributed by atoms with Crippen molar-refractivity contribution in [1.29, 1.82) is 0 Å². The van der Waals surface area contributed by atoms with E-state index in [0.29, 0.717) is 0 Å². The second kappa shape index (κ2) is 9.25. The van der Waals surface area contributed by atoms with Crippen molar-refractivity contribution >= 4 is 0 Å². The Morgan fingerprint density at radius 2 is 1.67 bits per heavy atom. The molecule has 1 heteroatoms. The molecule has 1 aromatic rings. The van der Waals surface area contributed by atoms with Gasteiger partial charge in [0.1, 0.15) is 0 Å². The molecule has 0 radical (unpaired) electrons. The lowest BCUT2D eigenvalue weighted by Crippen LogP contribution is -2.19. The number of hydrogen-bond acceptors (Lipinski definition) is 1. The van der Waals surface area contributed by atoms with E-state index in [1.165, 1.54) is 68.9 Å². The van der Waals surface area contributed by atoms with Gasteiger partial charge in [-0.15, -0.1) is 0 Å². The van der Waals surface area contributed by atoms with Crippen LogP contribution in [0.4, 0.5) is 0 Å². The van der Waals surface area contributed by atoms with Crippen LogP contribution >= 0.6 is 0 Å². The standard InChI is InChI=1S/C20H33N/c1-3-5-6-7-8-9-10-17-11-13-18(14-12-17)19-15-20(4-2)21-16-19/h11-14,19-21H,3-10,15-16H2,1-2H3/t19-,20+/m0/s1. The molecule has 1 saturated heterocycles. The van der Waals surface area contributed by atoms with Crippen LogP contribution in [0.1, 0.15) is 82.3 Å². The highest BCUT2D eigenvalue weighted by Crippen LogP contribution is 2.27. The van der Waals surface area contributed by atoms with Crippen molar-refractivity contribution in [2.45, 2.75) is 83.6 Å². The number of nitrogens with one attached hydrogen (secondary N) is 1. The van der Waals surface area contributed by atoms with Gasteiger partial charge in [0.2, 0.25) is 0 Å². The third kappa shape index (κ3) is 5.47. The van der Waals surface area contributed by atoms with Crippen LogP contribution in [-0.4, -0.2) is 12.6 Å². The topological polar surface area (TPSA) is 12.0 Å². The Bertz CT molecular complexity index is 381. The molecule has 1 fully saturated rings. The van der Waals surface area contributed by atoms with Crippen LogP contribution in [0.2, 0.25) is 0 Å². The molecule has 1 N–H and O–H groups in total. The first-order chi connectivity index (χ1) is 10.3. The molecule has 0 amide bonds. The summed E-state index contributed by atoms with van der Waals surface area (Å²) in [7, 11) is 0. The van der Waals surface area contributed by atoms with Crippen LogP contribution < -0.4 is 5.32 Å². The number of hydrogen-bond donors (Lipinski definition) is 1. The van der Waals surface area contributed by atoms with Crippen molar-refractivity contribution < 1.29 is 0 Å². The Hall–Kier alpha value is -0.820. The molecule has 0 saturated carbocycles. The second-order valence-electron chi connectivity index (χ2n) is 6.71. The molecule has 1 aliphatic rings. The van der Waals surface area contributed by atoms with E-state index in [-0.39, 0.29) is 0 Å². The number of rotatable bonds is 9.